The molecular weight excluding hydrogens is 489 g/mol. The average molecular weight is 518 g/mol. The first kappa shape index (κ1) is 25.8. The maximum Gasteiger partial charge on any atom is 0.409 e. The van der Waals surface area contributed by atoms with E-state index in [1.54, 1.807) is 25.7 Å². The fourth-order valence-electron chi connectivity index (χ4n) is 4.48. The number of halogens is 2. The van der Waals surface area contributed by atoms with Gasteiger partial charge in [0.15, 0.2) is 0 Å². The molecule has 11 heteroatoms. The van der Waals surface area contributed by atoms with Crippen LogP contribution in [0.3, 0.4) is 0 Å². The highest BCUT2D eigenvalue weighted by molar-refractivity contribution is 6.31. The van der Waals surface area contributed by atoms with Crippen LogP contribution >= 0.6 is 11.6 Å². The van der Waals surface area contributed by atoms with Gasteiger partial charge in [0, 0.05) is 44.3 Å². The highest BCUT2D eigenvalue weighted by Crippen LogP contribution is 2.30. The van der Waals surface area contributed by atoms with Crippen LogP contribution in [0.2, 0.25) is 5.02 Å². The van der Waals surface area contributed by atoms with E-state index in [2.05, 4.69) is 9.97 Å². The number of rotatable bonds is 5. The maximum atomic E-state index is 14.1. The van der Waals surface area contributed by atoms with Gasteiger partial charge in [-0.3, -0.25) is 4.79 Å². The molecule has 4 rings (SSSR count). The number of hydrogen-bond donors (Lipinski definition) is 1. The van der Waals surface area contributed by atoms with E-state index in [1.165, 1.54) is 23.1 Å². The van der Waals surface area contributed by atoms with Crippen molar-refractivity contribution in [2.45, 2.75) is 45.6 Å². The quantitative estimate of drug-likeness (QED) is 0.638. The topological polar surface area (TPSA) is 109 Å². The summed E-state index contributed by atoms with van der Waals surface area (Å²) in [5, 5.41) is 8.94. The van der Waals surface area contributed by atoms with Crippen molar-refractivity contribution < 1.29 is 23.5 Å². The van der Waals surface area contributed by atoms with Crippen LogP contribution in [0.15, 0.2) is 18.2 Å². The Labute approximate surface area is 214 Å². The third kappa shape index (κ3) is 5.43. The van der Waals surface area contributed by atoms with Gasteiger partial charge in [-0.1, -0.05) is 11.6 Å². The van der Waals surface area contributed by atoms with Gasteiger partial charge in [0.2, 0.25) is 0 Å². The van der Waals surface area contributed by atoms with Crippen LogP contribution in [0.25, 0.3) is 0 Å². The van der Waals surface area contributed by atoms with Gasteiger partial charge in [-0.25, -0.2) is 19.2 Å². The van der Waals surface area contributed by atoms with E-state index in [9.17, 15) is 14.0 Å². The predicted molar refractivity (Wildman–Crippen MR) is 132 cm³/mol. The molecule has 2 saturated heterocycles. The molecule has 1 aromatic carbocycles. The lowest BCUT2D eigenvalue weighted by Gasteiger charge is -2.32. The largest absolute Gasteiger partial charge is 0.489 e. The zero-order valence-electron chi connectivity index (χ0n) is 20.5. The van der Waals surface area contributed by atoms with E-state index in [0.717, 1.165) is 0 Å². The minimum absolute atomic E-state index is 0.113. The zero-order valence-corrected chi connectivity index (χ0v) is 21.3. The first-order valence-electron chi connectivity index (χ1n) is 11.9. The van der Waals surface area contributed by atoms with Crippen LogP contribution in [0.5, 0.6) is 5.75 Å². The molecule has 9 nitrogen and oxygen atoms in total. The summed E-state index contributed by atoms with van der Waals surface area (Å²) in [4.78, 5) is 37.4. The van der Waals surface area contributed by atoms with Gasteiger partial charge in [0.1, 0.15) is 23.5 Å². The Balaban J connectivity index is 1.47. The van der Waals surface area contributed by atoms with Crippen LogP contribution in [-0.2, 0) is 4.74 Å². The van der Waals surface area contributed by atoms with Gasteiger partial charge < -0.3 is 24.7 Å². The van der Waals surface area contributed by atoms with Gasteiger partial charge in [-0.15, -0.1) is 0 Å². The fourth-order valence-corrected chi connectivity index (χ4v) is 4.56. The molecule has 0 saturated carbocycles. The van der Waals surface area contributed by atoms with Crippen molar-refractivity contribution in [3.05, 3.63) is 51.8 Å². The number of hydrogen-bond acceptors (Lipinski definition) is 7. The molecule has 36 heavy (non-hydrogen) atoms. The van der Waals surface area contributed by atoms with Crippen molar-refractivity contribution in [3.63, 3.8) is 0 Å². The number of carbonyl (C=O) groups excluding carboxylic acids is 2. The van der Waals surface area contributed by atoms with E-state index in [-0.39, 0.29) is 42.5 Å². The van der Waals surface area contributed by atoms with Crippen LogP contribution in [0.1, 0.15) is 53.3 Å². The number of benzene rings is 1. The Morgan fingerprint density at radius 1 is 1.17 bits per heavy atom. The van der Waals surface area contributed by atoms with Gasteiger partial charge in [0.05, 0.1) is 41.0 Å². The number of nitrogens with one attached hydrogen (secondary N) is 1. The third-order valence-corrected chi connectivity index (χ3v) is 6.97. The minimum atomic E-state index is -0.516. The summed E-state index contributed by atoms with van der Waals surface area (Å²) in [5.74, 6) is -0.708. The van der Waals surface area contributed by atoms with Crippen molar-refractivity contribution in [3.8, 4) is 5.75 Å². The second-order valence-electron chi connectivity index (χ2n) is 8.97. The standard InChI is InChI=1S/C25H29ClFN5O4/c1-4-35-25(34)31-9-7-17(8-10-31)36-21-11-16(27)5-6-18(21)24(33)32-12-19(20(28)13-32)23-29-14(2)22(26)15(3)30-23/h5-6,11,17,19,28H,4,7-10,12-13H2,1-3H3. The Morgan fingerprint density at radius 3 is 2.47 bits per heavy atom. The number of amides is 2. The van der Waals surface area contributed by atoms with Crippen molar-refractivity contribution in [2.24, 2.45) is 0 Å². The number of aryl methyl sites for hydroxylation is 2. The Kier molecular flexibility index (Phi) is 7.73. The molecule has 2 aromatic rings. The summed E-state index contributed by atoms with van der Waals surface area (Å²) in [6.45, 7) is 6.87. The molecule has 2 aliphatic heterocycles. The van der Waals surface area contributed by atoms with Crippen LogP contribution in [0, 0.1) is 25.1 Å². The predicted octanol–water partition coefficient (Wildman–Crippen LogP) is 4.15. The number of likely N-dealkylation sites (tertiary alicyclic amines) is 2. The second kappa shape index (κ2) is 10.8. The summed E-state index contributed by atoms with van der Waals surface area (Å²) in [6.07, 6.45) is 0.429. The fraction of sp³-hybridized carbons (Fsp3) is 0.480. The molecule has 1 unspecified atom stereocenters. The highest BCUT2D eigenvalue weighted by Gasteiger charge is 2.36. The van der Waals surface area contributed by atoms with E-state index in [1.807, 2.05) is 0 Å². The summed E-state index contributed by atoms with van der Waals surface area (Å²) >= 11 is 6.19. The molecule has 2 aliphatic rings. The summed E-state index contributed by atoms with van der Waals surface area (Å²) < 4.78 is 25.2. The first-order valence-corrected chi connectivity index (χ1v) is 12.3. The molecule has 0 aliphatic carbocycles. The monoisotopic (exact) mass is 517 g/mol. The van der Waals surface area contributed by atoms with E-state index in [0.29, 0.717) is 60.5 Å². The molecule has 0 bridgehead atoms. The molecule has 1 aromatic heterocycles. The zero-order chi connectivity index (χ0) is 26.0. The Hall–Kier alpha value is -3.27. The summed E-state index contributed by atoms with van der Waals surface area (Å²) in [5.41, 5.74) is 1.79. The van der Waals surface area contributed by atoms with E-state index in [4.69, 9.17) is 26.5 Å². The molecular formula is C25H29ClFN5O4. The Bertz CT molecular complexity index is 1160. The molecule has 1 atom stereocenters. The summed E-state index contributed by atoms with van der Waals surface area (Å²) in [6, 6.07) is 3.83. The van der Waals surface area contributed by atoms with Gasteiger partial charge in [-0.2, -0.15) is 0 Å². The van der Waals surface area contributed by atoms with Crippen LogP contribution in [-0.4, -0.2) is 76.4 Å². The first-order chi connectivity index (χ1) is 17.2. The SMILES string of the molecule is CCOC(=O)N1CCC(Oc2cc(F)ccc2C(=O)N2CC(=N)C(c3nc(C)c(Cl)c(C)n3)C2)CC1. The molecule has 0 spiro atoms. The number of nitrogens with zero attached hydrogens (tertiary/aromatic N) is 4. The third-order valence-electron chi connectivity index (χ3n) is 6.42. The van der Waals surface area contributed by atoms with Crippen molar-refractivity contribution in [1.29, 1.82) is 5.41 Å². The van der Waals surface area contributed by atoms with E-state index >= 15 is 0 Å². The average Bonchev–Trinajstić information content (AvgIpc) is 3.24. The van der Waals surface area contributed by atoms with Gasteiger partial charge in [-0.05, 0) is 32.9 Å². The minimum Gasteiger partial charge on any atom is -0.489 e. The molecule has 1 N–H and O–H groups in total. The molecule has 2 amide bonds. The number of ether oxygens (including phenoxy) is 2. The van der Waals surface area contributed by atoms with Crippen LogP contribution < -0.4 is 4.74 Å². The second-order valence-corrected chi connectivity index (χ2v) is 9.35. The smallest absolute Gasteiger partial charge is 0.409 e. The van der Waals surface area contributed by atoms with Crippen molar-refractivity contribution >= 4 is 29.3 Å². The van der Waals surface area contributed by atoms with Gasteiger partial charge in [0.25, 0.3) is 5.91 Å². The maximum absolute atomic E-state index is 14.1. The number of piperidine rings is 1. The van der Waals surface area contributed by atoms with Crippen LogP contribution in [0.4, 0.5) is 9.18 Å². The lowest BCUT2D eigenvalue weighted by Crippen LogP contribution is -2.42. The summed E-state index contributed by atoms with van der Waals surface area (Å²) in [7, 11) is 0. The number of carbonyl (C=O) groups is 2. The van der Waals surface area contributed by atoms with Crippen molar-refractivity contribution in [1.82, 2.24) is 19.8 Å². The normalized spacial score (nSPS) is 18.5. The lowest BCUT2D eigenvalue weighted by atomic mass is 10.1. The molecule has 3 heterocycles. The lowest BCUT2D eigenvalue weighted by molar-refractivity contribution is 0.0684. The number of aromatic nitrogens is 2. The van der Waals surface area contributed by atoms with Gasteiger partial charge >= 0.3 is 6.09 Å². The molecule has 2 fully saturated rings. The highest BCUT2D eigenvalue weighted by atomic mass is 35.5. The molecule has 192 valence electrons. The Morgan fingerprint density at radius 2 is 1.83 bits per heavy atom. The van der Waals surface area contributed by atoms with Crippen molar-refractivity contribution in [2.75, 3.05) is 32.8 Å². The molecule has 0 radical (unpaired) electrons. The van der Waals surface area contributed by atoms with E-state index < -0.39 is 11.7 Å².